The van der Waals surface area contributed by atoms with Gasteiger partial charge in [-0.1, -0.05) is 0 Å². The Morgan fingerprint density at radius 1 is 1.46 bits per heavy atom. The van der Waals surface area contributed by atoms with Gasteiger partial charge in [0.15, 0.2) is 5.75 Å². The largest absolute Gasteiger partial charge is 0.504 e. The minimum absolute atomic E-state index is 0.00807. The maximum absolute atomic E-state index is 12.9. The van der Waals surface area contributed by atoms with Crippen LogP contribution in [0.15, 0.2) is 16.0 Å². The van der Waals surface area contributed by atoms with E-state index in [0.29, 0.717) is 17.9 Å². The number of benzene rings is 1. The van der Waals surface area contributed by atoms with Gasteiger partial charge in [0, 0.05) is 17.0 Å². The fraction of sp³-hybridized carbons (Fsp3) is 0.421. The van der Waals surface area contributed by atoms with Crippen molar-refractivity contribution in [1.82, 2.24) is 4.58 Å². The number of nitrogens with one attached hydrogen (secondary N) is 1. The predicted octanol–water partition coefficient (Wildman–Crippen LogP) is -0.120. The Kier molecular flexibility index (Phi) is 2.11. The van der Waals surface area contributed by atoms with Crippen LogP contribution in [0.25, 0.3) is 5.57 Å². The Morgan fingerprint density at radius 3 is 3.15 bits per heavy atom. The number of phenolic OH excluding ortho intramolecular Hbond substituents is 1. The highest BCUT2D eigenvalue weighted by Crippen LogP contribution is 2.62. The second-order valence-corrected chi connectivity index (χ2v) is 9.26. The molecule has 26 heavy (non-hydrogen) atoms. The quantitative estimate of drug-likeness (QED) is 0.440. The highest BCUT2D eigenvalue weighted by molar-refractivity contribution is 8.04. The van der Waals surface area contributed by atoms with Crippen molar-refractivity contribution in [2.45, 2.75) is 42.7 Å². The summed E-state index contributed by atoms with van der Waals surface area (Å²) in [5, 5.41) is 27.9. The average molecular weight is 366 g/mol. The maximum atomic E-state index is 12.9. The monoisotopic (exact) mass is 366 g/mol. The first kappa shape index (κ1) is 14.0. The van der Waals surface area contributed by atoms with Crippen LogP contribution in [0.3, 0.4) is 0 Å². The Bertz CT molecular complexity index is 1200. The molecule has 1 fully saturated rings. The zero-order chi connectivity index (χ0) is 17.5. The van der Waals surface area contributed by atoms with Crippen LogP contribution in [-0.2, 0) is 10.2 Å². The van der Waals surface area contributed by atoms with Gasteiger partial charge in [-0.15, -0.1) is 11.8 Å². The number of nitrogens with zero attached hydrogens (tertiary/aromatic N) is 2. The summed E-state index contributed by atoms with van der Waals surface area (Å²) in [4.78, 5) is 18.5. The first-order valence-electron chi connectivity index (χ1n) is 9.01. The Labute approximate surface area is 152 Å². The molecule has 0 aromatic heterocycles. The van der Waals surface area contributed by atoms with Gasteiger partial charge in [-0.05, 0) is 25.0 Å². The van der Waals surface area contributed by atoms with Crippen LogP contribution in [0, 0.1) is 0 Å². The van der Waals surface area contributed by atoms with Gasteiger partial charge < -0.3 is 15.5 Å². The normalized spacial score (nSPS) is 36.8. The molecule has 7 heteroatoms. The van der Waals surface area contributed by atoms with Crippen LogP contribution in [0.1, 0.15) is 25.3 Å². The lowest BCUT2D eigenvalue weighted by Gasteiger charge is -2.45. The van der Waals surface area contributed by atoms with Crippen molar-refractivity contribution in [3.05, 3.63) is 27.1 Å². The summed E-state index contributed by atoms with van der Waals surface area (Å²) in [6.07, 6.45) is 2.49. The Hall–Kier alpha value is -2.12. The first-order chi connectivity index (χ1) is 12.5. The summed E-state index contributed by atoms with van der Waals surface area (Å²) in [5.41, 5.74) is 3.83. The molecule has 0 amide bonds. The number of aromatic hydroxyl groups is 1. The molecule has 1 aliphatic carbocycles. The Balaban J connectivity index is 1.81. The number of aliphatic imine (C=N–C) groups is 1. The van der Waals surface area contributed by atoms with Gasteiger partial charge in [0.1, 0.15) is 18.3 Å². The van der Waals surface area contributed by atoms with Crippen molar-refractivity contribution < 1.29 is 15.0 Å². The molecule has 5 heterocycles. The highest BCUT2D eigenvalue weighted by Gasteiger charge is 2.67. The van der Waals surface area contributed by atoms with Crippen molar-refractivity contribution in [2.75, 3.05) is 11.9 Å². The maximum Gasteiger partial charge on any atom is 0.242 e. The molecular formula is C19H16N3O3S+. The van der Waals surface area contributed by atoms with Crippen molar-refractivity contribution in [1.29, 1.82) is 0 Å². The summed E-state index contributed by atoms with van der Waals surface area (Å²) in [6.45, 7) is 2.67. The molecule has 0 unspecified atom stereocenters. The number of carbonyl (C=O) groups excluding carboxylic acids is 1. The third-order valence-electron chi connectivity index (χ3n) is 7.00. The number of thioether (sulfide) groups is 1. The average Bonchev–Trinajstić information content (AvgIpc) is 3.08. The topological polar surface area (TPSA) is 84.9 Å². The number of ketones is 1. The molecule has 0 radical (unpaired) electrons. The standard InChI is InChI=1S/C19H15N3O3S/c1-6-7-2-3-22-15-8(23)4-9-19(18(15)25)5-10(26-9)21-14-12(19)16(22)11(7)13(20-6)17(14)24/h4,10,15,18,25H,2-3,5H2,1H3,(H,20,21,24)/p+1/t10-,15+,18-,19+/m0/s1. The predicted molar refractivity (Wildman–Crippen MR) is 98.4 cm³/mol. The molecule has 6 aliphatic rings. The van der Waals surface area contributed by atoms with Gasteiger partial charge in [-0.25, -0.2) is 9.57 Å². The van der Waals surface area contributed by atoms with Crippen molar-refractivity contribution in [3.63, 3.8) is 0 Å². The number of aliphatic hydroxyl groups excluding tert-OH is 1. The number of carbonyl (C=O) groups is 1. The smallest absolute Gasteiger partial charge is 0.242 e. The van der Waals surface area contributed by atoms with E-state index in [1.807, 2.05) is 6.92 Å². The molecule has 1 saturated heterocycles. The molecule has 1 aromatic carbocycles. The van der Waals surface area contributed by atoms with Gasteiger partial charge >= 0.3 is 0 Å². The summed E-state index contributed by atoms with van der Waals surface area (Å²) in [6, 6.07) is -0.535. The van der Waals surface area contributed by atoms with Crippen LogP contribution < -0.4 is 20.5 Å². The molecule has 0 saturated carbocycles. The summed E-state index contributed by atoms with van der Waals surface area (Å²) < 4.78 is 2.07. The summed E-state index contributed by atoms with van der Waals surface area (Å²) in [5.74, 6) is 0.176. The van der Waals surface area contributed by atoms with E-state index in [1.165, 1.54) is 5.57 Å². The first-order valence-corrected chi connectivity index (χ1v) is 9.89. The number of anilines is 1. The Morgan fingerprint density at radius 2 is 2.31 bits per heavy atom. The highest BCUT2D eigenvalue weighted by atomic mass is 32.2. The minimum Gasteiger partial charge on any atom is -0.504 e. The number of phenols is 1. The van der Waals surface area contributed by atoms with E-state index in [0.717, 1.165) is 39.6 Å². The zero-order valence-corrected chi connectivity index (χ0v) is 14.9. The molecule has 1 aromatic rings. The fourth-order valence-electron chi connectivity index (χ4n) is 6.01. The molecule has 7 rings (SSSR count). The van der Waals surface area contributed by atoms with E-state index in [2.05, 4.69) is 14.9 Å². The van der Waals surface area contributed by atoms with Crippen LogP contribution >= 0.6 is 11.8 Å². The van der Waals surface area contributed by atoms with Crippen LogP contribution in [-0.4, -0.2) is 45.8 Å². The number of aliphatic hydroxyl groups is 1. The molecule has 4 atom stereocenters. The number of hydrogen-bond donors (Lipinski definition) is 3. The van der Waals surface area contributed by atoms with E-state index in [1.54, 1.807) is 17.8 Å². The van der Waals surface area contributed by atoms with Gasteiger partial charge in [-0.2, -0.15) is 0 Å². The third-order valence-corrected chi connectivity index (χ3v) is 8.31. The number of hydrogen-bond acceptors (Lipinski definition) is 6. The van der Waals surface area contributed by atoms with E-state index in [9.17, 15) is 15.0 Å². The molecule has 1 spiro atoms. The second-order valence-electron chi connectivity index (χ2n) is 8.02. The molecule has 6 nitrogen and oxygen atoms in total. The number of fused-ring (bicyclic) bond motifs is 3. The molecule has 5 aliphatic heterocycles. The van der Waals surface area contributed by atoms with Gasteiger partial charge in [0.25, 0.3) is 0 Å². The second kappa shape index (κ2) is 3.92. The lowest BCUT2D eigenvalue weighted by molar-refractivity contribution is -0.123. The SMILES string of the molecule is CC1=Nc2c(O)c3c4c5c2=C1CC[N+]=5[C@@H]1C(=O)C=C2S[C@@H](C[C@@]24[C@H]1O)N3. The zero-order valence-electron chi connectivity index (χ0n) is 14.0. The minimum atomic E-state index is -0.775. The van der Waals surface area contributed by atoms with Crippen LogP contribution in [0.2, 0.25) is 0 Å². The lowest BCUT2D eigenvalue weighted by atomic mass is 9.62. The van der Waals surface area contributed by atoms with Crippen molar-refractivity contribution in [3.8, 4) is 5.75 Å². The van der Waals surface area contributed by atoms with Gasteiger partial charge in [0.2, 0.25) is 17.2 Å². The van der Waals surface area contributed by atoms with Crippen LogP contribution in [0.4, 0.5) is 11.4 Å². The molecule has 130 valence electrons. The van der Waals surface area contributed by atoms with E-state index >= 15 is 0 Å². The van der Waals surface area contributed by atoms with Crippen molar-refractivity contribution >= 4 is 40.2 Å². The molecule has 3 bridgehead atoms. The van der Waals surface area contributed by atoms with Crippen LogP contribution in [0.5, 0.6) is 5.75 Å². The van der Waals surface area contributed by atoms with Gasteiger partial charge in [0.05, 0.1) is 27.3 Å². The summed E-state index contributed by atoms with van der Waals surface area (Å²) in [7, 11) is 0. The molecule has 3 N–H and O–H groups in total. The van der Waals surface area contributed by atoms with Crippen molar-refractivity contribution in [2.24, 2.45) is 4.99 Å². The lowest BCUT2D eigenvalue weighted by Crippen LogP contribution is -2.70. The van der Waals surface area contributed by atoms with E-state index in [4.69, 9.17) is 0 Å². The summed E-state index contributed by atoms with van der Waals surface area (Å²) >= 11 is 1.61. The number of rotatable bonds is 0. The van der Waals surface area contributed by atoms with E-state index in [-0.39, 0.29) is 16.9 Å². The fourth-order valence-corrected chi connectivity index (χ4v) is 7.54. The van der Waals surface area contributed by atoms with Gasteiger partial charge in [-0.3, -0.25) is 4.79 Å². The molecular weight excluding hydrogens is 350 g/mol. The third kappa shape index (κ3) is 1.18. The van der Waals surface area contributed by atoms with E-state index < -0.39 is 17.6 Å².